The van der Waals surface area contributed by atoms with Gasteiger partial charge in [-0.15, -0.1) is 0 Å². The van der Waals surface area contributed by atoms with Crippen molar-refractivity contribution in [3.63, 3.8) is 0 Å². The van der Waals surface area contributed by atoms with Crippen LogP contribution in [0.3, 0.4) is 0 Å². The minimum Gasteiger partial charge on any atom is -0.379 e. The molecule has 0 radical (unpaired) electrons. The lowest BCUT2D eigenvalue weighted by Gasteiger charge is -2.33. The summed E-state index contributed by atoms with van der Waals surface area (Å²) >= 11 is 0. The number of nitrogens with one attached hydrogen (secondary N) is 2. The number of halogens is 1. The van der Waals surface area contributed by atoms with Gasteiger partial charge in [0.2, 0.25) is 11.8 Å². The van der Waals surface area contributed by atoms with E-state index in [1.54, 1.807) is 13.2 Å². The Kier molecular flexibility index (Phi) is 7.36. The lowest BCUT2D eigenvalue weighted by Crippen LogP contribution is -2.56. The molecule has 5 atom stereocenters. The molecule has 0 saturated carbocycles. The predicted molar refractivity (Wildman–Crippen MR) is 119 cm³/mol. The van der Waals surface area contributed by atoms with Crippen LogP contribution in [0.15, 0.2) is 24.4 Å². The molecule has 2 amide bonds. The Morgan fingerprint density at radius 2 is 2.10 bits per heavy atom. The van der Waals surface area contributed by atoms with Gasteiger partial charge >= 0.3 is 0 Å². The Morgan fingerprint density at radius 1 is 1.35 bits per heavy atom. The molecule has 6 nitrogen and oxygen atoms in total. The van der Waals surface area contributed by atoms with E-state index in [4.69, 9.17) is 4.74 Å². The van der Waals surface area contributed by atoms with E-state index in [1.807, 2.05) is 31.9 Å². The molecule has 1 fully saturated rings. The third-order valence-corrected chi connectivity index (χ3v) is 6.79. The van der Waals surface area contributed by atoms with E-state index in [0.29, 0.717) is 25.3 Å². The normalized spacial score (nSPS) is 21.8. The van der Waals surface area contributed by atoms with E-state index < -0.39 is 12.1 Å². The molecule has 1 aliphatic rings. The van der Waals surface area contributed by atoms with Gasteiger partial charge in [-0.3, -0.25) is 9.59 Å². The summed E-state index contributed by atoms with van der Waals surface area (Å²) in [5.41, 5.74) is 1.82. The number of likely N-dealkylation sites (tertiary alicyclic amines) is 1. The minimum atomic E-state index is -0.726. The van der Waals surface area contributed by atoms with Crippen LogP contribution in [-0.2, 0) is 20.7 Å². The first-order valence-electron chi connectivity index (χ1n) is 11.2. The van der Waals surface area contributed by atoms with Gasteiger partial charge in [0.15, 0.2) is 0 Å². The van der Waals surface area contributed by atoms with Crippen LogP contribution in [0.25, 0.3) is 10.9 Å². The first-order chi connectivity index (χ1) is 14.8. The van der Waals surface area contributed by atoms with Crippen LogP contribution < -0.4 is 5.32 Å². The lowest BCUT2D eigenvalue weighted by atomic mass is 9.95. The third-order valence-electron chi connectivity index (χ3n) is 6.79. The van der Waals surface area contributed by atoms with Crippen LogP contribution in [0.4, 0.5) is 4.39 Å². The molecular formula is C24H34FN3O3. The molecule has 1 aromatic heterocycles. The maximum Gasteiger partial charge on any atom is 0.248 e. The van der Waals surface area contributed by atoms with E-state index in [-0.39, 0.29) is 29.6 Å². The van der Waals surface area contributed by atoms with Crippen LogP contribution in [0.1, 0.15) is 46.1 Å². The number of H-pyrrole nitrogens is 1. The zero-order valence-corrected chi connectivity index (χ0v) is 19.1. The van der Waals surface area contributed by atoms with Gasteiger partial charge in [0.1, 0.15) is 11.9 Å². The number of amides is 2. The number of benzene rings is 1. The number of hydrogen-bond donors (Lipinski definition) is 2. The molecule has 2 aromatic rings. The Balaban J connectivity index is 1.82. The van der Waals surface area contributed by atoms with Gasteiger partial charge in [0.25, 0.3) is 0 Å². The Labute approximate surface area is 183 Å². The van der Waals surface area contributed by atoms with E-state index in [1.165, 1.54) is 12.1 Å². The highest BCUT2D eigenvalue weighted by Gasteiger charge is 2.40. The van der Waals surface area contributed by atoms with Crippen LogP contribution >= 0.6 is 0 Å². The molecular weight excluding hydrogens is 397 g/mol. The van der Waals surface area contributed by atoms with Gasteiger partial charge in [0, 0.05) is 42.7 Å². The highest BCUT2D eigenvalue weighted by Crippen LogP contribution is 2.30. The van der Waals surface area contributed by atoms with Gasteiger partial charge in [-0.25, -0.2) is 4.39 Å². The van der Waals surface area contributed by atoms with Gasteiger partial charge in [-0.2, -0.15) is 0 Å². The fourth-order valence-electron chi connectivity index (χ4n) is 4.32. The number of carbonyl (C=O) groups excluding carboxylic acids is 2. The Hall–Kier alpha value is -2.41. The zero-order chi connectivity index (χ0) is 22.7. The molecule has 2 heterocycles. The molecule has 2 N–H and O–H groups in total. The molecule has 0 unspecified atom stereocenters. The Morgan fingerprint density at radius 3 is 2.77 bits per heavy atom. The number of rotatable bonds is 8. The SMILES string of the molecule is CC[C@@H](C)C(=O)N[C@H](C(=O)N1CC[C@H](C)[C@H]1Cc1c[nH]c2cc(F)ccc12)[C@@H](C)OC. The molecule has 0 aliphatic carbocycles. The first kappa shape index (κ1) is 23.3. The topological polar surface area (TPSA) is 74.4 Å². The van der Waals surface area contributed by atoms with E-state index in [9.17, 15) is 14.0 Å². The molecule has 170 valence electrons. The fourth-order valence-corrected chi connectivity index (χ4v) is 4.32. The van der Waals surface area contributed by atoms with E-state index in [0.717, 1.165) is 22.9 Å². The molecule has 7 heteroatoms. The van der Waals surface area contributed by atoms with Crippen LogP contribution in [0, 0.1) is 17.7 Å². The van der Waals surface area contributed by atoms with Crippen molar-refractivity contribution in [1.29, 1.82) is 0 Å². The van der Waals surface area contributed by atoms with Crippen LogP contribution in [-0.4, -0.2) is 53.5 Å². The summed E-state index contributed by atoms with van der Waals surface area (Å²) in [6.45, 7) is 8.41. The van der Waals surface area contributed by atoms with Gasteiger partial charge in [-0.05, 0) is 55.9 Å². The molecule has 31 heavy (non-hydrogen) atoms. The van der Waals surface area contributed by atoms with E-state index >= 15 is 0 Å². The van der Waals surface area contributed by atoms with Crippen molar-refractivity contribution in [3.05, 3.63) is 35.8 Å². The van der Waals surface area contributed by atoms with Crippen molar-refractivity contribution < 1.29 is 18.7 Å². The smallest absolute Gasteiger partial charge is 0.248 e. The minimum absolute atomic E-state index is 0.00334. The summed E-state index contributed by atoms with van der Waals surface area (Å²) in [4.78, 5) is 31.1. The highest BCUT2D eigenvalue weighted by molar-refractivity contribution is 5.89. The summed E-state index contributed by atoms with van der Waals surface area (Å²) in [7, 11) is 1.55. The second kappa shape index (κ2) is 9.81. The fraction of sp³-hybridized carbons (Fsp3) is 0.583. The molecule has 1 aliphatic heterocycles. The molecule has 0 bridgehead atoms. The summed E-state index contributed by atoms with van der Waals surface area (Å²) in [5, 5.41) is 3.89. The number of nitrogens with zero attached hydrogens (tertiary/aromatic N) is 1. The number of methoxy groups -OCH3 is 1. The predicted octanol–water partition coefficient (Wildman–Crippen LogP) is 3.65. The van der Waals surface area contributed by atoms with Crippen LogP contribution in [0.2, 0.25) is 0 Å². The van der Waals surface area contributed by atoms with Gasteiger partial charge < -0.3 is 19.9 Å². The number of fused-ring (bicyclic) bond motifs is 1. The van der Waals surface area contributed by atoms with Crippen LogP contribution in [0.5, 0.6) is 0 Å². The van der Waals surface area contributed by atoms with Crippen molar-refractivity contribution in [2.45, 2.75) is 65.1 Å². The molecule has 0 spiro atoms. The second-order valence-corrected chi connectivity index (χ2v) is 8.81. The van der Waals surface area contributed by atoms with Crippen molar-refractivity contribution in [1.82, 2.24) is 15.2 Å². The number of hydrogen-bond acceptors (Lipinski definition) is 3. The van der Waals surface area contributed by atoms with E-state index in [2.05, 4.69) is 17.2 Å². The molecule has 1 saturated heterocycles. The lowest BCUT2D eigenvalue weighted by molar-refractivity contribution is -0.141. The molecule has 3 rings (SSSR count). The van der Waals surface area contributed by atoms with Crippen molar-refractivity contribution in [2.75, 3.05) is 13.7 Å². The average molecular weight is 432 g/mol. The quantitative estimate of drug-likeness (QED) is 0.670. The average Bonchev–Trinajstić information content (AvgIpc) is 3.33. The summed E-state index contributed by atoms with van der Waals surface area (Å²) in [5.74, 6) is -0.365. The highest BCUT2D eigenvalue weighted by atomic mass is 19.1. The van der Waals surface area contributed by atoms with Crippen molar-refractivity contribution >= 4 is 22.7 Å². The summed E-state index contributed by atoms with van der Waals surface area (Å²) < 4.78 is 19.0. The van der Waals surface area contributed by atoms with Crippen molar-refractivity contribution in [3.8, 4) is 0 Å². The number of ether oxygens (including phenoxy) is 1. The second-order valence-electron chi connectivity index (χ2n) is 8.81. The number of aromatic amines is 1. The number of aromatic nitrogens is 1. The summed E-state index contributed by atoms with van der Waals surface area (Å²) in [6, 6.07) is 4.01. The third kappa shape index (κ3) is 4.92. The number of carbonyl (C=O) groups is 2. The zero-order valence-electron chi connectivity index (χ0n) is 19.1. The van der Waals surface area contributed by atoms with Gasteiger partial charge in [-0.1, -0.05) is 20.8 Å². The van der Waals surface area contributed by atoms with Crippen molar-refractivity contribution in [2.24, 2.45) is 11.8 Å². The maximum absolute atomic E-state index is 13.6. The van der Waals surface area contributed by atoms with Gasteiger partial charge in [0.05, 0.1) is 6.10 Å². The monoisotopic (exact) mass is 431 g/mol. The Bertz CT molecular complexity index is 928. The standard InChI is InChI=1S/C24H34FN3O3/c1-6-14(2)23(29)27-22(16(4)31-5)24(30)28-10-9-15(3)21(28)11-17-13-26-20-12-18(25)7-8-19(17)20/h7-8,12-16,21-22,26H,6,9-11H2,1-5H3,(H,27,29)/t14-,15+,16-,21-,22+/m1/s1. The maximum atomic E-state index is 13.6. The summed E-state index contributed by atoms with van der Waals surface area (Å²) in [6.07, 6.45) is 3.75. The largest absolute Gasteiger partial charge is 0.379 e. The first-order valence-corrected chi connectivity index (χ1v) is 11.2. The molecule has 1 aromatic carbocycles.